The van der Waals surface area contributed by atoms with Gasteiger partial charge in [-0.15, -0.1) is 10.2 Å². The second kappa shape index (κ2) is 7.86. The van der Waals surface area contributed by atoms with Gasteiger partial charge in [0.2, 0.25) is 11.0 Å². The van der Waals surface area contributed by atoms with Crippen LogP contribution in [0.25, 0.3) is 0 Å². The fourth-order valence-electron chi connectivity index (χ4n) is 2.63. The third kappa shape index (κ3) is 4.99. The number of piperidine rings is 1. The molecule has 122 valence electrons. The van der Waals surface area contributed by atoms with E-state index in [9.17, 15) is 4.79 Å². The molecule has 1 aliphatic heterocycles. The molecule has 2 heterocycles. The largest absolute Gasteiger partial charge is 0.300 e. The van der Waals surface area contributed by atoms with Gasteiger partial charge in [0.25, 0.3) is 0 Å². The predicted octanol–water partition coefficient (Wildman–Crippen LogP) is 3.36. The van der Waals surface area contributed by atoms with Crippen LogP contribution in [0.3, 0.4) is 0 Å². The van der Waals surface area contributed by atoms with Crippen LogP contribution in [-0.4, -0.2) is 34.1 Å². The summed E-state index contributed by atoms with van der Waals surface area (Å²) < 4.78 is 0. The fourth-order valence-corrected chi connectivity index (χ4v) is 3.55. The highest BCUT2D eigenvalue weighted by atomic mass is 35.5. The molecule has 2 aromatic rings. The van der Waals surface area contributed by atoms with Crippen molar-refractivity contribution in [3.8, 4) is 0 Å². The second-order valence-electron chi connectivity index (χ2n) is 5.69. The van der Waals surface area contributed by atoms with Crippen molar-refractivity contribution in [2.45, 2.75) is 32.2 Å². The molecule has 0 bridgehead atoms. The van der Waals surface area contributed by atoms with E-state index in [4.69, 9.17) is 11.6 Å². The monoisotopic (exact) mass is 350 g/mol. The van der Waals surface area contributed by atoms with Crippen molar-refractivity contribution in [1.82, 2.24) is 15.1 Å². The molecule has 1 aliphatic rings. The molecule has 5 nitrogen and oxygen atoms in total. The Hall–Kier alpha value is -1.50. The molecule has 1 N–H and O–H groups in total. The van der Waals surface area contributed by atoms with Crippen molar-refractivity contribution in [3.63, 3.8) is 0 Å². The van der Waals surface area contributed by atoms with Crippen molar-refractivity contribution in [2.75, 3.05) is 18.4 Å². The number of hydrogen-bond acceptors (Lipinski definition) is 5. The molecule has 3 rings (SSSR count). The zero-order chi connectivity index (χ0) is 16.1. The molecule has 7 heteroatoms. The van der Waals surface area contributed by atoms with E-state index >= 15 is 0 Å². The number of amides is 1. The van der Waals surface area contributed by atoms with Gasteiger partial charge in [-0.25, -0.2) is 0 Å². The Morgan fingerprint density at radius 1 is 1.17 bits per heavy atom. The SMILES string of the molecule is O=C(Cc1ccc(Cl)cc1)Nc1nnc(CN2CCCCC2)s1. The minimum Gasteiger partial charge on any atom is -0.300 e. The van der Waals surface area contributed by atoms with Crippen molar-refractivity contribution in [1.29, 1.82) is 0 Å². The topological polar surface area (TPSA) is 58.1 Å². The van der Waals surface area contributed by atoms with Crippen LogP contribution >= 0.6 is 22.9 Å². The summed E-state index contributed by atoms with van der Waals surface area (Å²) in [5.74, 6) is -0.0898. The van der Waals surface area contributed by atoms with Crippen LogP contribution in [0.5, 0.6) is 0 Å². The zero-order valence-electron chi connectivity index (χ0n) is 12.8. The lowest BCUT2D eigenvalue weighted by molar-refractivity contribution is -0.115. The van der Waals surface area contributed by atoms with E-state index in [0.717, 1.165) is 30.2 Å². The molecule has 0 spiro atoms. The molecule has 1 saturated heterocycles. The molecule has 1 amide bonds. The maximum Gasteiger partial charge on any atom is 0.230 e. The number of halogens is 1. The third-order valence-electron chi connectivity index (χ3n) is 3.80. The van der Waals surface area contributed by atoms with E-state index in [2.05, 4.69) is 20.4 Å². The van der Waals surface area contributed by atoms with Gasteiger partial charge in [0.05, 0.1) is 13.0 Å². The van der Waals surface area contributed by atoms with E-state index in [-0.39, 0.29) is 5.91 Å². The van der Waals surface area contributed by atoms with E-state index in [1.54, 1.807) is 12.1 Å². The Balaban J connectivity index is 1.51. The molecule has 0 unspecified atom stereocenters. The van der Waals surface area contributed by atoms with Gasteiger partial charge in [0, 0.05) is 5.02 Å². The van der Waals surface area contributed by atoms with Crippen LogP contribution < -0.4 is 5.32 Å². The molecule has 1 aromatic heterocycles. The first-order valence-corrected chi connectivity index (χ1v) is 8.97. The van der Waals surface area contributed by atoms with Gasteiger partial charge in [-0.1, -0.05) is 41.5 Å². The van der Waals surface area contributed by atoms with Crippen LogP contribution in [-0.2, 0) is 17.8 Å². The van der Waals surface area contributed by atoms with E-state index in [1.807, 2.05) is 12.1 Å². The number of nitrogens with one attached hydrogen (secondary N) is 1. The zero-order valence-corrected chi connectivity index (χ0v) is 14.4. The smallest absolute Gasteiger partial charge is 0.230 e. The Kier molecular flexibility index (Phi) is 5.59. The molecular formula is C16H19ClN4OS. The molecule has 1 aromatic carbocycles. The number of hydrogen-bond donors (Lipinski definition) is 1. The number of likely N-dealkylation sites (tertiary alicyclic amines) is 1. The van der Waals surface area contributed by atoms with E-state index in [0.29, 0.717) is 16.6 Å². The number of carbonyl (C=O) groups is 1. The van der Waals surface area contributed by atoms with Gasteiger partial charge < -0.3 is 5.32 Å². The molecule has 1 fully saturated rings. The Morgan fingerprint density at radius 2 is 1.91 bits per heavy atom. The number of anilines is 1. The van der Waals surface area contributed by atoms with Crippen LogP contribution in [0.1, 0.15) is 29.8 Å². The van der Waals surface area contributed by atoms with Gasteiger partial charge in [-0.05, 0) is 43.6 Å². The van der Waals surface area contributed by atoms with Gasteiger partial charge in [-0.3, -0.25) is 9.69 Å². The fraction of sp³-hybridized carbons (Fsp3) is 0.438. The number of aromatic nitrogens is 2. The highest BCUT2D eigenvalue weighted by molar-refractivity contribution is 7.15. The molecule has 0 radical (unpaired) electrons. The number of rotatable bonds is 5. The molecule has 0 saturated carbocycles. The van der Waals surface area contributed by atoms with Crippen molar-refractivity contribution in [3.05, 3.63) is 39.9 Å². The average molecular weight is 351 g/mol. The van der Waals surface area contributed by atoms with E-state index < -0.39 is 0 Å². The van der Waals surface area contributed by atoms with Crippen molar-refractivity contribution < 1.29 is 4.79 Å². The highest BCUT2D eigenvalue weighted by Gasteiger charge is 2.14. The molecule has 23 heavy (non-hydrogen) atoms. The Morgan fingerprint density at radius 3 is 2.65 bits per heavy atom. The quantitative estimate of drug-likeness (QED) is 0.898. The first kappa shape index (κ1) is 16.4. The van der Waals surface area contributed by atoms with Crippen LogP contribution in [0.4, 0.5) is 5.13 Å². The lowest BCUT2D eigenvalue weighted by Crippen LogP contribution is -2.28. The third-order valence-corrected chi connectivity index (χ3v) is 4.87. The first-order valence-electron chi connectivity index (χ1n) is 7.78. The summed E-state index contributed by atoms with van der Waals surface area (Å²) in [6.07, 6.45) is 4.13. The average Bonchev–Trinajstić information content (AvgIpc) is 2.97. The standard InChI is InChI=1S/C16H19ClN4OS/c17-13-6-4-12(5-7-13)10-14(22)18-16-20-19-15(23-16)11-21-8-2-1-3-9-21/h4-7H,1-3,8-11H2,(H,18,20,22). The molecule has 0 aliphatic carbocycles. The maximum absolute atomic E-state index is 12.1. The Bertz CT molecular complexity index is 652. The summed E-state index contributed by atoms with van der Waals surface area (Å²) in [6, 6.07) is 7.27. The lowest BCUT2D eigenvalue weighted by atomic mass is 10.1. The van der Waals surface area contributed by atoms with Crippen molar-refractivity contribution >= 4 is 34.0 Å². The predicted molar refractivity (Wildman–Crippen MR) is 92.8 cm³/mol. The number of carbonyl (C=O) groups excluding carboxylic acids is 1. The van der Waals surface area contributed by atoms with E-state index in [1.165, 1.54) is 30.6 Å². The summed E-state index contributed by atoms with van der Waals surface area (Å²) in [7, 11) is 0. The van der Waals surface area contributed by atoms with Gasteiger partial charge in [-0.2, -0.15) is 0 Å². The normalized spacial score (nSPS) is 15.5. The second-order valence-corrected chi connectivity index (χ2v) is 7.19. The van der Waals surface area contributed by atoms with Gasteiger partial charge in [0.15, 0.2) is 0 Å². The minimum atomic E-state index is -0.0898. The Labute approximate surface area is 144 Å². The van der Waals surface area contributed by atoms with Gasteiger partial charge in [0.1, 0.15) is 5.01 Å². The summed E-state index contributed by atoms with van der Waals surface area (Å²) in [4.78, 5) is 14.4. The molecular weight excluding hydrogens is 332 g/mol. The summed E-state index contributed by atoms with van der Waals surface area (Å²) in [5, 5.41) is 13.2. The lowest BCUT2D eigenvalue weighted by Gasteiger charge is -2.24. The number of nitrogens with zero attached hydrogens (tertiary/aromatic N) is 3. The van der Waals surface area contributed by atoms with Crippen LogP contribution in [0.2, 0.25) is 5.02 Å². The van der Waals surface area contributed by atoms with Crippen molar-refractivity contribution in [2.24, 2.45) is 0 Å². The summed E-state index contributed by atoms with van der Waals surface area (Å²) >= 11 is 7.29. The van der Waals surface area contributed by atoms with Crippen LogP contribution in [0, 0.1) is 0 Å². The van der Waals surface area contributed by atoms with Crippen LogP contribution in [0.15, 0.2) is 24.3 Å². The summed E-state index contributed by atoms with van der Waals surface area (Å²) in [6.45, 7) is 3.07. The highest BCUT2D eigenvalue weighted by Crippen LogP contribution is 2.19. The maximum atomic E-state index is 12.1. The van der Waals surface area contributed by atoms with Gasteiger partial charge >= 0.3 is 0 Å². The minimum absolute atomic E-state index is 0.0898. The first-order chi connectivity index (χ1) is 11.2. The number of benzene rings is 1. The molecule has 0 atom stereocenters. The summed E-state index contributed by atoms with van der Waals surface area (Å²) in [5.41, 5.74) is 0.921.